The highest BCUT2D eigenvalue weighted by Gasteiger charge is 2.47. The number of hydrogen-bond acceptors (Lipinski definition) is 3. The zero-order chi connectivity index (χ0) is 13.3. The van der Waals surface area contributed by atoms with Gasteiger partial charge < -0.3 is 16.2 Å². The molecular weight excluding hydrogens is 235 g/mol. The molecule has 0 spiro atoms. The molecule has 1 saturated carbocycles. The van der Waals surface area contributed by atoms with E-state index in [1.807, 2.05) is 0 Å². The van der Waals surface area contributed by atoms with Crippen molar-refractivity contribution >= 4 is 5.91 Å². The van der Waals surface area contributed by atoms with Gasteiger partial charge in [-0.25, -0.2) is 4.39 Å². The lowest BCUT2D eigenvalue weighted by molar-refractivity contribution is -0.125. The summed E-state index contributed by atoms with van der Waals surface area (Å²) in [7, 11) is 0. The lowest BCUT2D eigenvalue weighted by Crippen LogP contribution is -2.58. The average Bonchev–Trinajstić information content (AvgIpc) is 3.14. The fourth-order valence-electron chi connectivity index (χ4n) is 1.92. The van der Waals surface area contributed by atoms with Gasteiger partial charge in [-0.3, -0.25) is 4.79 Å². The molecule has 0 aliphatic heterocycles. The van der Waals surface area contributed by atoms with Crippen LogP contribution in [0.15, 0.2) is 18.2 Å². The van der Waals surface area contributed by atoms with Crippen LogP contribution in [0.5, 0.6) is 5.75 Å². The predicted octanol–water partition coefficient (Wildman–Crippen LogP) is 1.11. The van der Waals surface area contributed by atoms with Gasteiger partial charge in [0.15, 0.2) is 0 Å². The summed E-state index contributed by atoms with van der Waals surface area (Å²) in [5.74, 6) is -0.488. The van der Waals surface area contributed by atoms with Crippen LogP contribution in [-0.4, -0.2) is 18.1 Å². The fraction of sp³-hybridized carbons (Fsp3) is 0.462. The van der Waals surface area contributed by atoms with Crippen LogP contribution >= 0.6 is 0 Å². The van der Waals surface area contributed by atoms with E-state index >= 15 is 0 Å². The molecule has 1 fully saturated rings. The Hall–Kier alpha value is -1.62. The number of primary amides is 1. The summed E-state index contributed by atoms with van der Waals surface area (Å²) < 4.78 is 18.6. The Morgan fingerprint density at radius 3 is 2.78 bits per heavy atom. The first-order valence-electron chi connectivity index (χ1n) is 5.91. The van der Waals surface area contributed by atoms with Gasteiger partial charge in [0.1, 0.15) is 23.7 Å². The standard InChI is InChI=1S/C13H17FN2O2/c1-8-2-5-10(14)6-11(8)18-7-13(16,12(15)17)9-3-4-9/h2,5-6,9H,3-4,7,16H2,1H3,(H2,15,17). The van der Waals surface area contributed by atoms with Crippen LogP contribution in [0.25, 0.3) is 0 Å². The molecule has 1 aromatic carbocycles. The molecule has 1 amide bonds. The third-order valence-corrected chi connectivity index (χ3v) is 3.38. The number of rotatable bonds is 5. The number of nitrogens with two attached hydrogens (primary N) is 2. The molecule has 1 unspecified atom stereocenters. The van der Waals surface area contributed by atoms with Crippen LogP contribution < -0.4 is 16.2 Å². The first-order valence-corrected chi connectivity index (χ1v) is 5.91. The Balaban J connectivity index is 2.10. The Morgan fingerprint density at radius 1 is 1.56 bits per heavy atom. The largest absolute Gasteiger partial charge is 0.491 e. The average molecular weight is 252 g/mol. The zero-order valence-electron chi connectivity index (χ0n) is 10.3. The van der Waals surface area contributed by atoms with Crippen molar-refractivity contribution in [1.82, 2.24) is 0 Å². The maximum absolute atomic E-state index is 13.1. The summed E-state index contributed by atoms with van der Waals surface area (Å²) in [6, 6.07) is 4.25. The Bertz CT molecular complexity index is 474. The summed E-state index contributed by atoms with van der Waals surface area (Å²) >= 11 is 0. The normalized spacial score (nSPS) is 18.2. The highest BCUT2D eigenvalue weighted by molar-refractivity contribution is 5.85. The Morgan fingerprint density at radius 2 is 2.22 bits per heavy atom. The molecule has 1 atom stereocenters. The minimum Gasteiger partial charge on any atom is -0.491 e. The third kappa shape index (κ3) is 2.46. The van der Waals surface area contributed by atoms with Gasteiger partial charge in [-0.15, -0.1) is 0 Å². The van der Waals surface area contributed by atoms with Gasteiger partial charge in [-0.05, 0) is 37.3 Å². The first-order chi connectivity index (χ1) is 8.43. The molecule has 5 heteroatoms. The van der Waals surface area contributed by atoms with Crippen LogP contribution in [0.3, 0.4) is 0 Å². The van der Waals surface area contributed by atoms with Crippen molar-refractivity contribution < 1.29 is 13.9 Å². The lowest BCUT2D eigenvalue weighted by atomic mass is 9.95. The summed E-state index contributed by atoms with van der Waals surface area (Å²) in [6.07, 6.45) is 1.76. The molecular formula is C13H17FN2O2. The molecule has 98 valence electrons. The second-order valence-electron chi connectivity index (χ2n) is 4.88. The number of benzene rings is 1. The first kappa shape index (κ1) is 12.8. The molecule has 2 rings (SSSR count). The van der Waals surface area contributed by atoms with Crippen molar-refractivity contribution in [2.24, 2.45) is 17.4 Å². The number of carbonyl (C=O) groups excluding carboxylic acids is 1. The molecule has 0 aromatic heterocycles. The Labute approximate surface area is 105 Å². The van der Waals surface area contributed by atoms with Crippen LogP contribution in [-0.2, 0) is 4.79 Å². The van der Waals surface area contributed by atoms with E-state index in [0.29, 0.717) is 5.75 Å². The van der Waals surface area contributed by atoms with Crippen LogP contribution in [0.1, 0.15) is 18.4 Å². The quantitative estimate of drug-likeness (QED) is 0.823. The highest BCUT2D eigenvalue weighted by Crippen LogP contribution is 2.38. The van der Waals surface area contributed by atoms with Crippen molar-refractivity contribution in [2.75, 3.05) is 6.61 Å². The SMILES string of the molecule is Cc1ccc(F)cc1OCC(N)(C(N)=O)C1CC1. The number of amides is 1. The van der Waals surface area contributed by atoms with Gasteiger partial charge in [0, 0.05) is 6.07 Å². The number of halogens is 1. The summed E-state index contributed by atoms with van der Waals surface area (Å²) in [6.45, 7) is 1.78. The van der Waals surface area contributed by atoms with Crippen LogP contribution in [0.2, 0.25) is 0 Å². The number of carbonyl (C=O) groups is 1. The maximum Gasteiger partial charge on any atom is 0.241 e. The van der Waals surface area contributed by atoms with E-state index in [1.54, 1.807) is 13.0 Å². The summed E-state index contributed by atoms with van der Waals surface area (Å²) in [5.41, 5.74) is 11.0. The second-order valence-corrected chi connectivity index (χ2v) is 4.88. The van der Waals surface area contributed by atoms with E-state index in [2.05, 4.69) is 0 Å². The molecule has 0 bridgehead atoms. The van der Waals surface area contributed by atoms with Crippen molar-refractivity contribution in [3.8, 4) is 5.75 Å². The van der Waals surface area contributed by atoms with E-state index in [1.165, 1.54) is 12.1 Å². The van der Waals surface area contributed by atoms with Gasteiger partial charge in [-0.1, -0.05) is 6.07 Å². The molecule has 0 heterocycles. The number of ether oxygens (including phenoxy) is 1. The third-order valence-electron chi connectivity index (χ3n) is 3.38. The number of aryl methyl sites for hydroxylation is 1. The topological polar surface area (TPSA) is 78.3 Å². The van der Waals surface area contributed by atoms with Crippen LogP contribution in [0.4, 0.5) is 4.39 Å². The summed E-state index contributed by atoms with van der Waals surface area (Å²) in [5, 5.41) is 0. The Kier molecular flexibility index (Phi) is 3.26. The fourth-order valence-corrected chi connectivity index (χ4v) is 1.92. The molecule has 4 N–H and O–H groups in total. The minimum absolute atomic E-state index is 0.0166. The van der Waals surface area contributed by atoms with Crippen molar-refractivity contribution in [3.63, 3.8) is 0 Å². The van der Waals surface area contributed by atoms with Gasteiger partial charge in [0.25, 0.3) is 0 Å². The molecule has 1 aliphatic rings. The van der Waals surface area contributed by atoms with Crippen molar-refractivity contribution in [1.29, 1.82) is 0 Å². The molecule has 0 saturated heterocycles. The number of hydrogen-bond donors (Lipinski definition) is 2. The molecule has 1 aliphatic carbocycles. The highest BCUT2D eigenvalue weighted by atomic mass is 19.1. The van der Waals surface area contributed by atoms with Crippen molar-refractivity contribution in [2.45, 2.75) is 25.3 Å². The van der Waals surface area contributed by atoms with E-state index in [4.69, 9.17) is 16.2 Å². The molecule has 1 aromatic rings. The summed E-state index contributed by atoms with van der Waals surface area (Å²) in [4.78, 5) is 11.4. The maximum atomic E-state index is 13.1. The zero-order valence-corrected chi connectivity index (χ0v) is 10.3. The minimum atomic E-state index is -1.15. The van der Waals surface area contributed by atoms with E-state index < -0.39 is 11.4 Å². The molecule has 0 radical (unpaired) electrons. The van der Waals surface area contributed by atoms with Crippen LogP contribution in [0, 0.1) is 18.7 Å². The molecule has 4 nitrogen and oxygen atoms in total. The molecule has 18 heavy (non-hydrogen) atoms. The lowest BCUT2D eigenvalue weighted by Gasteiger charge is -2.26. The van der Waals surface area contributed by atoms with Gasteiger partial charge >= 0.3 is 0 Å². The van der Waals surface area contributed by atoms with E-state index in [0.717, 1.165) is 18.4 Å². The van der Waals surface area contributed by atoms with Gasteiger partial charge in [-0.2, -0.15) is 0 Å². The van der Waals surface area contributed by atoms with E-state index in [9.17, 15) is 9.18 Å². The monoisotopic (exact) mass is 252 g/mol. The van der Waals surface area contributed by atoms with Crippen molar-refractivity contribution in [3.05, 3.63) is 29.6 Å². The second kappa shape index (κ2) is 4.57. The smallest absolute Gasteiger partial charge is 0.241 e. The predicted molar refractivity (Wildman–Crippen MR) is 65.5 cm³/mol. The van der Waals surface area contributed by atoms with Gasteiger partial charge in [0.05, 0.1) is 0 Å². The van der Waals surface area contributed by atoms with E-state index in [-0.39, 0.29) is 18.3 Å². The van der Waals surface area contributed by atoms with Gasteiger partial charge in [0.2, 0.25) is 5.91 Å².